The minimum atomic E-state index is -0.238. The number of carbonyl (C=O) groups is 1. The van der Waals surface area contributed by atoms with Crippen LogP contribution in [-0.4, -0.2) is 66.0 Å². The highest BCUT2D eigenvalue weighted by molar-refractivity contribution is 7.13. The lowest BCUT2D eigenvalue weighted by atomic mass is 10.1. The number of amides is 1. The molecule has 2 saturated heterocycles. The summed E-state index contributed by atoms with van der Waals surface area (Å²) < 4.78 is 13.1. The van der Waals surface area contributed by atoms with Crippen molar-refractivity contribution in [1.82, 2.24) is 20.1 Å². The van der Waals surface area contributed by atoms with Crippen LogP contribution in [0.1, 0.15) is 32.4 Å². The van der Waals surface area contributed by atoms with Crippen molar-refractivity contribution in [1.29, 1.82) is 0 Å². The highest BCUT2D eigenvalue weighted by Crippen LogP contribution is 2.25. The van der Waals surface area contributed by atoms with Gasteiger partial charge in [0.2, 0.25) is 0 Å². The molecule has 2 aliphatic rings. The van der Waals surface area contributed by atoms with Crippen molar-refractivity contribution >= 4 is 17.2 Å². The highest BCUT2D eigenvalue weighted by Gasteiger charge is 2.32. The Morgan fingerprint density at radius 1 is 1.26 bits per heavy atom. The zero-order valence-electron chi connectivity index (χ0n) is 15.6. The lowest BCUT2D eigenvalue weighted by molar-refractivity contribution is 0.0777. The number of hydrogen-bond acceptors (Lipinski definition) is 5. The van der Waals surface area contributed by atoms with Gasteiger partial charge in [0.15, 0.2) is 0 Å². The first-order valence-electron chi connectivity index (χ1n) is 9.55. The molecule has 5 nitrogen and oxygen atoms in total. The molecule has 0 saturated carbocycles. The summed E-state index contributed by atoms with van der Waals surface area (Å²) in [6.45, 7) is 7.72. The number of likely N-dealkylation sites (tertiary alicyclic amines) is 1. The monoisotopic (exact) mass is 388 g/mol. The van der Waals surface area contributed by atoms with Crippen molar-refractivity contribution in [2.24, 2.45) is 0 Å². The Kier molecular flexibility index (Phi) is 5.52. The van der Waals surface area contributed by atoms with Crippen LogP contribution in [0.4, 0.5) is 4.39 Å². The second kappa shape index (κ2) is 8.04. The molecule has 1 aromatic carbocycles. The van der Waals surface area contributed by atoms with Gasteiger partial charge in [-0.25, -0.2) is 9.37 Å². The van der Waals surface area contributed by atoms with Gasteiger partial charge in [0, 0.05) is 51.7 Å². The molecular formula is C20H25FN4OS. The molecule has 4 rings (SSSR count). The first kappa shape index (κ1) is 18.5. The average Bonchev–Trinajstić information content (AvgIpc) is 3.31. The molecular weight excluding hydrogens is 363 g/mol. The fourth-order valence-electron chi connectivity index (χ4n) is 3.92. The van der Waals surface area contributed by atoms with Crippen molar-refractivity contribution in [3.63, 3.8) is 0 Å². The van der Waals surface area contributed by atoms with E-state index in [0.717, 1.165) is 66.8 Å². The molecule has 0 radical (unpaired) electrons. The van der Waals surface area contributed by atoms with E-state index in [9.17, 15) is 9.18 Å². The Hall–Kier alpha value is -1.83. The molecule has 1 N–H and O–H groups in total. The largest absolute Gasteiger partial charge is 0.336 e. The van der Waals surface area contributed by atoms with Crippen molar-refractivity contribution in [3.8, 4) is 0 Å². The third-order valence-electron chi connectivity index (χ3n) is 5.42. The van der Waals surface area contributed by atoms with E-state index < -0.39 is 0 Å². The summed E-state index contributed by atoms with van der Waals surface area (Å²) >= 11 is 1.47. The number of hydrogen-bond donors (Lipinski definition) is 1. The van der Waals surface area contributed by atoms with Gasteiger partial charge in [-0.3, -0.25) is 9.69 Å². The van der Waals surface area contributed by atoms with E-state index in [1.165, 1.54) is 23.5 Å². The topological polar surface area (TPSA) is 48.5 Å². The summed E-state index contributed by atoms with van der Waals surface area (Å²) in [5.41, 5.74) is 1.80. The summed E-state index contributed by atoms with van der Waals surface area (Å²) in [5, 5.41) is 4.28. The second-order valence-electron chi connectivity index (χ2n) is 7.31. The summed E-state index contributed by atoms with van der Waals surface area (Å²) in [4.78, 5) is 22.8. The lowest BCUT2D eigenvalue weighted by Crippen LogP contribution is -2.49. The number of halogens is 1. The van der Waals surface area contributed by atoms with Gasteiger partial charge in [-0.05, 0) is 31.0 Å². The molecule has 1 unspecified atom stereocenters. The Labute approximate surface area is 163 Å². The number of benzene rings is 1. The predicted molar refractivity (Wildman–Crippen MR) is 105 cm³/mol. The third kappa shape index (κ3) is 4.20. The van der Waals surface area contributed by atoms with E-state index in [1.54, 1.807) is 12.1 Å². The molecule has 2 aliphatic heterocycles. The third-order valence-corrected chi connectivity index (χ3v) is 6.57. The predicted octanol–water partition coefficient (Wildman–Crippen LogP) is 2.30. The molecule has 7 heteroatoms. The number of nitrogens with zero attached hydrogens (tertiary/aromatic N) is 3. The van der Waals surface area contributed by atoms with Crippen LogP contribution < -0.4 is 5.32 Å². The van der Waals surface area contributed by atoms with E-state index in [4.69, 9.17) is 0 Å². The number of aromatic nitrogens is 1. The Morgan fingerprint density at radius 3 is 2.74 bits per heavy atom. The van der Waals surface area contributed by atoms with Gasteiger partial charge >= 0.3 is 0 Å². The fraction of sp³-hybridized carbons (Fsp3) is 0.500. The SMILES string of the molecule is Cc1nc(Cc2ccc(F)cc2)sc1C(=O)N1CCC(N2CCNCC2)C1. The fourth-order valence-corrected chi connectivity index (χ4v) is 4.99. The van der Waals surface area contributed by atoms with Crippen LogP contribution in [0, 0.1) is 12.7 Å². The van der Waals surface area contributed by atoms with Crippen LogP contribution in [0.2, 0.25) is 0 Å². The number of carbonyl (C=O) groups excluding carboxylic acids is 1. The van der Waals surface area contributed by atoms with E-state index in [2.05, 4.69) is 15.2 Å². The van der Waals surface area contributed by atoms with E-state index in [1.807, 2.05) is 11.8 Å². The number of aryl methyl sites for hydroxylation is 1. The van der Waals surface area contributed by atoms with E-state index >= 15 is 0 Å². The second-order valence-corrected chi connectivity index (χ2v) is 8.39. The zero-order chi connectivity index (χ0) is 18.8. The van der Waals surface area contributed by atoms with E-state index in [-0.39, 0.29) is 11.7 Å². The van der Waals surface area contributed by atoms with Crippen molar-refractivity contribution in [2.75, 3.05) is 39.3 Å². The first-order valence-corrected chi connectivity index (χ1v) is 10.4. The molecule has 3 heterocycles. The normalized spacial score (nSPS) is 21.0. The van der Waals surface area contributed by atoms with E-state index in [0.29, 0.717) is 12.5 Å². The Balaban J connectivity index is 1.41. The highest BCUT2D eigenvalue weighted by atomic mass is 32.1. The molecule has 2 fully saturated rings. The standard InChI is InChI=1S/C20H25FN4OS/c1-14-19(27-18(23-14)12-15-2-4-16(21)5-3-15)20(26)25-9-6-17(13-25)24-10-7-22-8-11-24/h2-5,17,22H,6-13H2,1H3. The summed E-state index contributed by atoms with van der Waals surface area (Å²) in [6.07, 6.45) is 1.68. The molecule has 0 aliphatic carbocycles. The zero-order valence-corrected chi connectivity index (χ0v) is 16.4. The molecule has 1 aromatic heterocycles. The molecule has 0 spiro atoms. The van der Waals surface area contributed by atoms with Crippen LogP contribution in [0.25, 0.3) is 0 Å². The smallest absolute Gasteiger partial charge is 0.265 e. The van der Waals surface area contributed by atoms with Crippen molar-refractivity contribution in [2.45, 2.75) is 25.8 Å². The molecule has 144 valence electrons. The van der Waals surface area contributed by atoms with Gasteiger partial charge in [-0.15, -0.1) is 11.3 Å². The number of rotatable bonds is 4. The molecule has 2 aromatic rings. The molecule has 1 amide bonds. The Bertz CT molecular complexity index is 801. The van der Waals surface area contributed by atoms with Crippen LogP contribution in [0.3, 0.4) is 0 Å². The molecule has 1 atom stereocenters. The van der Waals surface area contributed by atoms with Gasteiger partial charge in [0.25, 0.3) is 5.91 Å². The Morgan fingerprint density at radius 2 is 2.00 bits per heavy atom. The minimum Gasteiger partial charge on any atom is -0.336 e. The average molecular weight is 389 g/mol. The summed E-state index contributed by atoms with van der Waals surface area (Å²) in [5.74, 6) is -0.133. The maximum absolute atomic E-state index is 13.1. The number of piperazine rings is 1. The van der Waals surface area contributed by atoms with Crippen LogP contribution in [0.5, 0.6) is 0 Å². The van der Waals surface area contributed by atoms with Gasteiger partial charge in [-0.2, -0.15) is 0 Å². The maximum Gasteiger partial charge on any atom is 0.265 e. The quantitative estimate of drug-likeness (QED) is 0.873. The van der Waals surface area contributed by atoms with Gasteiger partial charge in [-0.1, -0.05) is 12.1 Å². The number of nitrogens with one attached hydrogen (secondary N) is 1. The molecule has 0 bridgehead atoms. The first-order chi connectivity index (χ1) is 13.1. The van der Waals surface area contributed by atoms with Crippen molar-refractivity contribution in [3.05, 3.63) is 51.2 Å². The minimum absolute atomic E-state index is 0.105. The van der Waals surface area contributed by atoms with Gasteiger partial charge in [0.05, 0.1) is 10.7 Å². The van der Waals surface area contributed by atoms with Crippen LogP contribution >= 0.6 is 11.3 Å². The maximum atomic E-state index is 13.1. The molecule has 27 heavy (non-hydrogen) atoms. The number of thiazole rings is 1. The van der Waals surface area contributed by atoms with Gasteiger partial charge in [0.1, 0.15) is 10.7 Å². The summed E-state index contributed by atoms with van der Waals surface area (Å²) in [6, 6.07) is 6.94. The summed E-state index contributed by atoms with van der Waals surface area (Å²) in [7, 11) is 0. The van der Waals surface area contributed by atoms with Crippen LogP contribution in [0.15, 0.2) is 24.3 Å². The van der Waals surface area contributed by atoms with Gasteiger partial charge < -0.3 is 10.2 Å². The lowest BCUT2D eigenvalue weighted by Gasteiger charge is -2.32. The van der Waals surface area contributed by atoms with Crippen LogP contribution in [-0.2, 0) is 6.42 Å². The van der Waals surface area contributed by atoms with Crippen molar-refractivity contribution < 1.29 is 9.18 Å².